The summed E-state index contributed by atoms with van der Waals surface area (Å²) in [6, 6.07) is 5.92. The van der Waals surface area contributed by atoms with E-state index < -0.39 is 0 Å². The number of hydrogen-bond donors (Lipinski definition) is 1. The van der Waals surface area contributed by atoms with Crippen molar-refractivity contribution in [3.05, 3.63) is 23.8 Å². The van der Waals surface area contributed by atoms with Gasteiger partial charge in [-0.25, -0.2) is 4.68 Å². The maximum Gasteiger partial charge on any atom is 0.182 e. The first-order valence-electron chi connectivity index (χ1n) is 7.83. The summed E-state index contributed by atoms with van der Waals surface area (Å²) in [4.78, 5) is 0. The molecule has 5 nitrogen and oxygen atoms in total. The van der Waals surface area contributed by atoms with Crippen molar-refractivity contribution in [2.45, 2.75) is 39.2 Å². The lowest BCUT2D eigenvalue weighted by Gasteiger charge is -2.21. The summed E-state index contributed by atoms with van der Waals surface area (Å²) in [5.74, 6) is 3.47. The fraction of sp³-hybridized carbons (Fsp3) is 0.562. The van der Waals surface area contributed by atoms with Gasteiger partial charge >= 0.3 is 0 Å². The molecule has 2 fully saturated rings. The number of benzene rings is 1. The van der Waals surface area contributed by atoms with Gasteiger partial charge in [0, 0.05) is 17.8 Å². The van der Waals surface area contributed by atoms with Crippen LogP contribution in [0.5, 0.6) is 0 Å². The SMILES string of the molecule is Cc1cc(N)ccc1-c1nnnn1CC1CC2CCC1C2. The first kappa shape index (κ1) is 12.8. The van der Waals surface area contributed by atoms with Crippen LogP contribution in [0.2, 0.25) is 0 Å². The Balaban J connectivity index is 1.61. The number of hydrogen-bond acceptors (Lipinski definition) is 4. The minimum absolute atomic E-state index is 0.750. The van der Waals surface area contributed by atoms with Gasteiger partial charge in [0.2, 0.25) is 0 Å². The molecular formula is C16H21N5. The number of aromatic nitrogens is 4. The van der Waals surface area contributed by atoms with Crippen LogP contribution < -0.4 is 5.73 Å². The van der Waals surface area contributed by atoms with Gasteiger partial charge in [0.15, 0.2) is 5.82 Å². The summed E-state index contributed by atoms with van der Waals surface area (Å²) < 4.78 is 1.99. The molecule has 2 aliphatic rings. The van der Waals surface area contributed by atoms with Crippen molar-refractivity contribution < 1.29 is 0 Å². The fourth-order valence-electron chi connectivity index (χ4n) is 4.28. The van der Waals surface area contributed by atoms with Crippen molar-refractivity contribution in [1.29, 1.82) is 0 Å². The number of nitrogen functional groups attached to an aromatic ring is 1. The minimum Gasteiger partial charge on any atom is -0.399 e. The van der Waals surface area contributed by atoms with Gasteiger partial charge in [0.1, 0.15) is 0 Å². The van der Waals surface area contributed by atoms with Gasteiger partial charge < -0.3 is 5.73 Å². The molecule has 0 spiro atoms. The van der Waals surface area contributed by atoms with E-state index in [1.807, 2.05) is 22.9 Å². The molecule has 0 aliphatic heterocycles. The van der Waals surface area contributed by atoms with Crippen LogP contribution in [-0.2, 0) is 6.54 Å². The van der Waals surface area contributed by atoms with E-state index >= 15 is 0 Å². The van der Waals surface area contributed by atoms with Crippen LogP contribution >= 0.6 is 0 Å². The molecule has 3 unspecified atom stereocenters. The highest BCUT2D eigenvalue weighted by molar-refractivity contribution is 5.63. The van der Waals surface area contributed by atoms with E-state index in [9.17, 15) is 0 Å². The van der Waals surface area contributed by atoms with Gasteiger partial charge in [-0.05, 0) is 78.1 Å². The molecule has 2 aromatic rings. The van der Waals surface area contributed by atoms with Crippen molar-refractivity contribution in [1.82, 2.24) is 20.2 Å². The van der Waals surface area contributed by atoms with Gasteiger partial charge in [-0.1, -0.05) is 6.42 Å². The number of nitrogens with zero attached hydrogens (tertiary/aromatic N) is 4. The van der Waals surface area contributed by atoms with Crippen LogP contribution in [0.25, 0.3) is 11.4 Å². The first-order chi connectivity index (χ1) is 10.2. The maximum atomic E-state index is 5.83. The Morgan fingerprint density at radius 1 is 1.29 bits per heavy atom. The molecule has 3 atom stereocenters. The standard InChI is InChI=1S/C16H21N5/c1-10-6-14(17)4-5-15(10)16-18-19-20-21(16)9-13-8-11-2-3-12(13)7-11/h4-6,11-13H,2-3,7-9,17H2,1H3. The fourth-order valence-corrected chi connectivity index (χ4v) is 4.28. The average molecular weight is 283 g/mol. The summed E-state index contributed by atoms with van der Waals surface area (Å²) >= 11 is 0. The largest absolute Gasteiger partial charge is 0.399 e. The molecule has 0 radical (unpaired) electrons. The molecule has 1 heterocycles. The Kier molecular flexibility index (Phi) is 2.94. The highest BCUT2D eigenvalue weighted by atomic mass is 15.5. The lowest BCUT2D eigenvalue weighted by molar-refractivity contribution is 0.284. The van der Waals surface area contributed by atoms with Gasteiger partial charge in [-0.2, -0.15) is 0 Å². The third-order valence-corrected chi connectivity index (χ3v) is 5.32. The van der Waals surface area contributed by atoms with Crippen molar-refractivity contribution >= 4 is 5.69 Å². The zero-order valence-corrected chi connectivity index (χ0v) is 12.4. The molecule has 1 aromatic carbocycles. The van der Waals surface area contributed by atoms with E-state index in [2.05, 4.69) is 22.4 Å². The van der Waals surface area contributed by atoms with Crippen LogP contribution in [0, 0.1) is 24.7 Å². The van der Waals surface area contributed by atoms with Crippen molar-refractivity contribution in [2.24, 2.45) is 17.8 Å². The van der Waals surface area contributed by atoms with Crippen LogP contribution in [0.4, 0.5) is 5.69 Å². The zero-order valence-electron chi connectivity index (χ0n) is 12.4. The Morgan fingerprint density at radius 2 is 2.19 bits per heavy atom. The second-order valence-corrected chi connectivity index (χ2v) is 6.69. The average Bonchev–Trinajstić information content (AvgIpc) is 3.15. The Bertz CT molecular complexity index is 662. The van der Waals surface area contributed by atoms with Gasteiger partial charge in [-0.3, -0.25) is 0 Å². The number of anilines is 1. The molecule has 5 heteroatoms. The topological polar surface area (TPSA) is 69.6 Å². The summed E-state index contributed by atoms with van der Waals surface area (Å²) in [5.41, 5.74) is 8.82. The van der Waals surface area contributed by atoms with E-state index in [0.717, 1.165) is 46.9 Å². The molecule has 1 aromatic heterocycles. The van der Waals surface area contributed by atoms with Crippen molar-refractivity contribution in [2.75, 3.05) is 5.73 Å². The number of aryl methyl sites for hydroxylation is 1. The predicted molar refractivity (Wildman–Crippen MR) is 81.3 cm³/mol. The molecule has 0 saturated heterocycles. The molecule has 0 amide bonds. The van der Waals surface area contributed by atoms with Gasteiger partial charge in [-0.15, -0.1) is 5.10 Å². The molecule has 110 valence electrons. The minimum atomic E-state index is 0.750. The van der Waals surface area contributed by atoms with E-state index in [-0.39, 0.29) is 0 Å². The lowest BCUT2D eigenvalue weighted by atomic mass is 9.89. The predicted octanol–water partition coefficient (Wildman–Crippen LogP) is 2.67. The normalized spacial score (nSPS) is 27.4. The number of nitrogens with two attached hydrogens (primary N) is 1. The number of fused-ring (bicyclic) bond motifs is 2. The smallest absolute Gasteiger partial charge is 0.182 e. The van der Waals surface area contributed by atoms with Crippen LogP contribution in [0.15, 0.2) is 18.2 Å². The summed E-state index contributed by atoms with van der Waals surface area (Å²) in [7, 11) is 0. The third-order valence-electron chi connectivity index (χ3n) is 5.32. The van der Waals surface area contributed by atoms with E-state index in [1.165, 1.54) is 25.7 Å². The molecule has 21 heavy (non-hydrogen) atoms. The monoisotopic (exact) mass is 283 g/mol. The second kappa shape index (κ2) is 4.83. The Labute approximate surface area is 124 Å². The number of rotatable bonds is 3. The molecule has 2 N–H and O–H groups in total. The van der Waals surface area contributed by atoms with Crippen LogP contribution in [0.3, 0.4) is 0 Å². The third kappa shape index (κ3) is 2.20. The highest BCUT2D eigenvalue weighted by Gasteiger charge is 2.39. The molecule has 4 rings (SSSR count). The number of tetrazole rings is 1. The maximum absolute atomic E-state index is 5.83. The molecule has 2 aliphatic carbocycles. The Morgan fingerprint density at radius 3 is 2.90 bits per heavy atom. The summed E-state index contributed by atoms with van der Waals surface area (Å²) in [5, 5.41) is 12.4. The van der Waals surface area contributed by atoms with Crippen LogP contribution in [0.1, 0.15) is 31.2 Å². The second-order valence-electron chi connectivity index (χ2n) is 6.69. The first-order valence-corrected chi connectivity index (χ1v) is 7.83. The quantitative estimate of drug-likeness (QED) is 0.879. The van der Waals surface area contributed by atoms with Gasteiger partial charge in [0.25, 0.3) is 0 Å². The van der Waals surface area contributed by atoms with E-state index in [1.54, 1.807) is 0 Å². The molecule has 2 bridgehead atoms. The lowest BCUT2D eigenvalue weighted by Crippen LogP contribution is -2.19. The highest BCUT2D eigenvalue weighted by Crippen LogP contribution is 2.48. The van der Waals surface area contributed by atoms with Crippen molar-refractivity contribution in [3.8, 4) is 11.4 Å². The van der Waals surface area contributed by atoms with Crippen LogP contribution in [-0.4, -0.2) is 20.2 Å². The van der Waals surface area contributed by atoms with E-state index in [4.69, 9.17) is 5.73 Å². The molecule has 2 saturated carbocycles. The Hall–Kier alpha value is -1.91. The summed E-state index contributed by atoms with van der Waals surface area (Å²) in [6.45, 7) is 3.01. The molecular weight excluding hydrogens is 262 g/mol. The summed E-state index contributed by atoms with van der Waals surface area (Å²) in [6.07, 6.45) is 5.60. The zero-order chi connectivity index (χ0) is 14.4. The van der Waals surface area contributed by atoms with Gasteiger partial charge in [0.05, 0.1) is 0 Å². The van der Waals surface area contributed by atoms with E-state index in [0.29, 0.717) is 0 Å². The van der Waals surface area contributed by atoms with Crippen molar-refractivity contribution in [3.63, 3.8) is 0 Å².